The largest absolute Gasteiger partial charge is 0.355 e. The predicted octanol–water partition coefficient (Wildman–Crippen LogP) is 4.85. The summed E-state index contributed by atoms with van der Waals surface area (Å²) in [6.45, 7) is 8.18. The predicted molar refractivity (Wildman–Crippen MR) is 146 cm³/mol. The van der Waals surface area contributed by atoms with Gasteiger partial charge in [-0.15, -0.1) is 0 Å². The van der Waals surface area contributed by atoms with Crippen LogP contribution in [0, 0.1) is 35.4 Å². The van der Waals surface area contributed by atoms with Gasteiger partial charge in [0.25, 0.3) is 0 Å². The molecular formula is C28H31FN6O2S. The zero-order chi connectivity index (χ0) is 27.4. The maximum absolute atomic E-state index is 13.5. The first kappa shape index (κ1) is 27.4. The van der Waals surface area contributed by atoms with Crippen LogP contribution in [0.5, 0.6) is 0 Å². The number of rotatable bonds is 8. The van der Waals surface area contributed by atoms with E-state index in [1.165, 1.54) is 41.0 Å². The number of piperazine rings is 1. The number of sulfonamides is 1. The molecule has 0 radical (unpaired) electrons. The molecule has 38 heavy (non-hydrogen) atoms. The van der Waals surface area contributed by atoms with Crippen molar-refractivity contribution in [3.8, 4) is 6.07 Å². The van der Waals surface area contributed by atoms with Crippen LogP contribution in [-0.2, 0) is 10.0 Å². The highest BCUT2D eigenvalue weighted by atomic mass is 32.2. The molecule has 4 rings (SSSR count). The molecule has 1 fully saturated rings. The van der Waals surface area contributed by atoms with E-state index in [2.05, 4.69) is 29.0 Å². The molecule has 0 amide bonds. The first-order valence-electron chi connectivity index (χ1n) is 12.4. The summed E-state index contributed by atoms with van der Waals surface area (Å²) in [6, 6.07) is 14.4. The third kappa shape index (κ3) is 5.91. The van der Waals surface area contributed by atoms with Crippen molar-refractivity contribution < 1.29 is 12.8 Å². The van der Waals surface area contributed by atoms with E-state index in [1.54, 1.807) is 12.1 Å². The maximum atomic E-state index is 13.5. The Balaban J connectivity index is 1.68. The van der Waals surface area contributed by atoms with Gasteiger partial charge in [-0.1, -0.05) is 13.8 Å². The standard InChI is InChI=1S/C28H31FN6O2S/c1-19(2)17-34-10-11-35(38(36,37)25-9-8-24(15-31)32-16-25)18-28(34)26-13-21(14-30)27(12-20(26)3)33-23-6-4-22(29)5-7-23/h4-9,12-14,16,19,28,30,33H,10-11,17-18H2,1-3H3/t28-/m0/s1. The topological polar surface area (TPSA) is 113 Å². The molecule has 1 aliphatic heterocycles. The second kappa shape index (κ2) is 11.4. The van der Waals surface area contributed by atoms with Crippen molar-refractivity contribution in [3.63, 3.8) is 0 Å². The fraction of sp³-hybridized carbons (Fsp3) is 0.321. The summed E-state index contributed by atoms with van der Waals surface area (Å²) in [7, 11) is -3.81. The number of hydrogen-bond donors (Lipinski definition) is 2. The number of aryl methyl sites for hydroxylation is 1. The van der Waals surface area contributed by atoms with E-state index in [0.717, 1.165) is 17.7 Å². The lowest BCUT2D eigenvalue weighted by molar-refractivity contribution is 0.105. The molecule has 0 saturated carbocycles. The Morgan fingerprint density at radius 3 is 2.55 bits per heavy atom. The van der Waals surface area contributed by atoms with Gasteiger partial charge in [0.05, 0.1) is 0 Å². The van der Waals surface area contributed by atoms with E-state index in [4.69, 9.17) is 10.7 Å². The van der Waals surface area contributed by atoms with Gasteiger partial charge in [0.2, 0.25) is 10.0 Å². The van der Waals surface area contributed by atoms with Crippen molar-refractivity contribution in [2.75, 3.05) is 31.5 Å². The first-order valence-corrected chi connectivity index (χ1v) is 13.8. The number of nitriles is 1. The average molecular weight is 535 g/mol. The van der Waals surface area contributed by atoms with Crippen LogP contribution >= 0.6 is 0 Å². The molecule has 8 nitrogen and oxygen atoms in total. The molecule has 2 aromatic carbocycles. The van der Waals surface area contributed by atoms with Gasteiger partial charge >= 0.3 is 0 Å². The zero-order valence-corrected chi connectivity index (χ0v) is 22.5. The number of pyridine rings is 1. The number of benzene rings is 2. The summed E-state index contributed by atoms with van der Waals surface area (Å²) in [6.07, 6.45) is 2.50. The number of nitrogens with zero attached hydrogens (tertiary/aromatic N) is 4. The van der Waals surface area contributed by atoms with Crippen LogP contribution in [0.1, 0.15) is 42.3 Å². The molecule has 2 N–H and O–H groups in total. The van der Waals surface area contributed by atoms with Crippen molar-refractivity contribution in [2.24, 2.45) is 5.92 Å². The highest BCUT2D eigenvalue weighted by Gasteiger charge is 2.36. The Labute approximate surface area is 223 Å². The Kier molecular flexibility index (Phi) is 8.21. The Bertz CT molecular complexity index is 1450. The van der Waals surface area contributed by atoms with E-state index in [-0.39, 0.29) is 29.0 Å². The van der Waals surface area contributed by atoms with Gasteiger partial charge in [-0.3, -0.25) is 4.90 Å². The minimum atomic E-state index is -3.81. The quantitative estimate of drug-likeness (QED) is 0.400. The van der Waals surface area contributed by atoms with Crippen LogP contribution in [0.4, 0.5) is 15.8 Å². The van der Waals surface area contributed by atoms with Crippen LogP contribution in [0.25, 0.3) is 0 Å². The van der Waals surface area contributed by atoms with Crippen molar-refractivity contribution in [1.29, 1.82) is 10.7 Å². The van der Waals surface area contributed by atoms with Crippen LogP contribution in [0.15, 0.2) is 59.6 Å². The molecule has 0 bridgehead atoms. The lowest BCUT2D eigenvalue weighted by Crippen LogP contribution is -2.51. The van der Waals surface area contributed by atoms with Crippen molar-refractivity contribution in [1.82, 2.24) is 14.2 Å². The van der Waals surface area contributed by atoms with Crippen molar-refractivity contribution in [2.45, 2.75) is 31.7 Å². The summed E-state index contributed by atoms with van der Waals surface area (Å²) >= 11 is 0. The SMILES string of the molecule is Cc1cc(Nc2ccc(F)cc2)c(C=N)cc1[C@@H]1CN(S(=O)(=O)c2ccc(C#N)nc2)CCN1CC(C)C. The number of aromatic nitrogens is 1. The molecule has 0 unspecified atom stereocenters. The Hall–Kier alpha value is -3.65. The summed E-state index contributed by atoms with van der Waals surface area (Å²) in [5.74, 6) is 0.0542. The van der Waals surface area contributed by atoms with Gasteiger partial charge in [-0.25, -0.2) is 17.8 Å². The summed E-state index contributed by atoms with van der Waals surface area (Å²) in [5.41, 5.74) is 4.13. The molecule has 1 saturated heterocycles. The molecule has 1 aliphatic rings. The van der Waals surface area contributed by atoms with Gasteiger partial charge in [0.15, 0.2) is 0 Å². The summed E-state index contributed by atoms with van der Waals surface area (Å²) in [4.78, 5) is 6.31. The highest BCUT2D eigenvalue weighted by Crippen LogP contribution is 2.34. The number of anilines is 2. The van der Waals surface area contributed by atoms with Crippen molar-refractivity contribution >= 4 is 27.6 Å². The molecule has 2 heterocycles. The molecule has 1 atom stereocenters. The highest BCUT2D eigenvalue weighted by molar-refractivity contribution is 7.89. The van der Waals surface area contributed by atoms with E-state index < -0.39 is 10.0 Å². The second-order valence-electron chi connectivity index (χ2n) is 9.83. The molecular weight excluding hydrogens is 503 g/mol. The van der Waals surface area contributed by atoms with E-state index >= 15 is 0 Å². The number of hydrogen-bond acceptors (Lipinski definition) is 7. The van der Waals surface area contributed by atoms with Gasteiger partial charge < -0.3 is 10.7 Å². The third-order valence-electron chi connectivity index (χ3n) is 6.62. The average Bonchev–Trinajstić information content (AvgIpc) is 2.90. The van der Waals surface area contributed by atoms with Crippen LogP contribution in [0.3, 0.4) is 0 Å². The van der Waals surface area contributed by atoms with Crippen LogP contribution in [-0.4, -0.2) is 55.0 Å². The summed E-state index contributed by atoms with van der Waals surface area (Å²) in [5, 5.41) is 20.3. The minimum absolute atomic E-state index is 0.0586. The fourth-order valence-electron chi connectivity index (χ4n) is 4.76. The smallest absolute Gasteiger partial charge is 0.244 e. The molecule has 198 valence electrons. The summed E-state index contributed by atoms with van der Waals surface area (Å²) < 4.78 is 41.8. The minimum Gasteiger partial charge on any atom is -0.355 e. The molecule has 0 aliphatic carbocycles. The van der Waals surface area contributed by atoms with Gasteiger partial charge in [0, 0.05) is 61.6 Å². The number of halogens is 1. The van der Waals surface area contributed by atoms with Crippen LogP contribution in [0.2, 0.25) is 0 Å². The molecule has 3 aromatic rings. The fourth-order valence-corrected chi connectivity index (χ4v) is 6.15. The lowest BCUT2D eigenvalue weighted by atomic mass is 9.94. The zero-order valence-electron chi connectivity index (χ0n) is 21.6. The van der Waals surface area contributed by atoms with Gasteiger partial charge in [-0.05, 0) is 72.5 Å². The lowest BCUT2D eigenvalue weighted by Gasteiger charge is -2.42. The third-order valence-corrected chi connectivity index (χ3v) is 8.47. The molecule has 10 heteroatoms. The van der Waals surface area contributed by atoms with E-state index in [1.807, 2.05) is 25.1 Å². The van der Waals surface area contributed by atoms with Gasteiger partial charge in [0.1, 0.15) is 22.5 Å². The normalized spacial score (nSPS) is 16.8. The number of nitrogens with one attached hydrogen (secondary N) is 2. The Morgan fingerprint density at radius 1 is 1.21 bits per heavy atom. The van der Waals surface area contributed by atoms with Gasteiger partial charge in [-0.2, -0.15) is 9.57 Å². The van der Waals surface area contributed by atoms with Crippen molar-refractivity contribution in [3.05, 3.63) is 82.9 Å². The van der Waals surface area contributed by atoms with E-state index in [9.17, 15) is 12.8 Å². The molecule has 1 aromatic heterocycles. The maximum Gasteiger partial charge on any atom is 0.244 e. The first-order chi connectivity index (χ1) is 18.1. The van der Waals surface area contributed by atoms with Crippen LogP contribution < -0.4 is 5.32 Å². The monoisotopic (exact) mass is 534 g/mol. The molecule has 0 spiro atoms. The van der Waals surface area contributed by atoms with E-state index in [0.29, 0.717) is 35.9 Å². The second-order valence-corrected chi connectivity index (χ2v) is 11.8. The Morgan fingerprint density at radius 2 is 1.95 bits per heavy atom.